The summed E-state index contributed by atoms with van der Waals surface area (Å²) in [5.74, 6) is 3.69. The number of carbonyl (C=O) groups excluding carboxylic acids is 1. The fourth-order valence-electron chi connectivity index (χ4n) is 5.43. The molecule has 2 fully saturated rings. The van der Waals surface area contributed by atoms with Crippen molar-refractivity contribution in [1.29, 1.82) is 0 Å². The summed E-state index contributed by atoms with van der Waals surface area (Å²) < 4.78 is 28.2. The van der Waals surface area contributed by atoms with Crippen molar-refractivity contribution in [2.24, 2.45) is 5.92 Å². The second-order valence-electron chi connectivity index (χ2n) is 9.85. The molecule has 3 aliphatic heterocycles. The first-order valence-corrected chi connectivity index (χ1v) is 12.9. The third kappa shape index (κ3) is 5.64. The number of hydrogen-bond acceptors (Lipinski definition) is 7. The van der Waals surface area contributed by atoms with Crippen molar-refractivity contribution in [3.63, 3.8) is 0 Å². The molecule has 3 aliphatic rings. The highest BCUT2D eigenvalue weighted by atomic mass is 16.6. The van der Waals surface area contributed by atoms with Crippen molar-refractivity contribution < 1.29 is 28.5 Å². The predicted octanol–water partition coefficient (Wildman–Crippen LogP) is 4.01. The number of hydrogen-bond donors (Lipinski definition) is 0. The number of para-hydroxylation sites is 2. The largest absolute Gasteiger partial charge is 0.493 e. The number of fused-ring (bicyclic) bond motifs is 1. The molecule has 0 aromatic heterocycles. The van der Waals surface area contributed by atoms with E-state index in [1.807, 2.05) is 47.4 Å². The van der Waals surface area contributed by atoms with Gasteiger partial charge in [-0.1, -0.05) is 18.2 Å². The van der Waals surface area contributed by atoms with E-state index in [1.54, 1.807) is 14.2 Å². The topological polar surface area (TPSA) is 69.7 Å². The van der Waals surface area contributed by atoms with Gasteiger partial charge in [-0.05, 0) is 74.5 Å². The molecular formula is C28H36N2O6. The lowest BCUT2D eigenvalue weighted by Crippen LogP contribution is -2.44. The number of carbonyl (C=O) groups is 1. The zero-order valence-electron chi connectivity index (χ0n) is 21.2. The smallest absolute Gasteiger partial charge is 0.410 e. The maximum atomic E-state index is 12.5. The van der Waals surface area contributed by atoms with Crippen LogP contribution < -0.4 is 18.9 Å². The van der Waals surface area contributed by atoms with Crippen molar-refractivity contribution in [2.75, 3.05) is 53.6 Å². The minimum atomic E-state index is -0.201. The molecule has 2 aromatic rings. The average Bonchev–Trinajstić information content (AvgIpc) is 3.26. The molecule has 0 saturated carbocycles. The first kappa shape index (κ1) is 24.6. The molecule has 0 spiro atoms. The summed E-state index contributed by atoms with van der Waals surface area (Å²) in [6, 6.07) is 13.8. The lowest BCUT2D eigenvalue weighted by Gasteiger charge is -2.36. The van der Waals surface area contributed by atoms with Gasteiger partial charge in [0.2, 0.25) is 0 Å². The molecule has 0 radical (unpaired) electrons. The van der Waals surface area contributed by atoms with Crippen LogP contribution in [0, 0.1) is 5.92 Å². The Morgan fingerprint density at radius 1 is 0.944 bits per heavy atom. The van der Waals surface area contributed by atoms with Gasteiger partial charge in [-0.3, -0.25) is 4.90 Å². The molecule has 36 heavy (non-hydrogen) atoms. The molecule has 0 N–H and O–H groups in total. The fourth-order valence-corrected chi connectivity index (χ4v) is 5.43. The number of rotatable bonds is 9. The maximum absolute atomic E-state index is 12.5. The molecule has 2 aromatic carbocycles. The Labute approximate surface area is 213 Å². The maximum Gasteiger partial charge on any atom is 0.410 e. The van der Waals surface area contributed by atoms with Crippen LogP contribution in [-0.2, 0) is 11.2 Å². The summed E-state index contributed by atoms with van der Waals surface area (Å²) in [7, 11) is 3.26. The number of methoxy groups -OCH3 is 2. The Morgan fingerprint density at radius 2 is 1.72 bits per heavy atom. The Morgan fingerprint density at radius 3 is 2.50 bits per heavy atom. The third-order valence-corrected chi connectivity index (χ3v) is 7.51. The normalized spacial score (nSPS) is 22.4. The highest BCUT2D eigenvalue weighted by Gasteiger charge is 2.34. The van der Waals surface area contributed by atoms with E-state index in [-0.39, 0.29) is 18.2 Å². The van der Waals surface area contributed by atoms with Gasteiger partial charge in [0.15, 0.2) is 23.0 Å². The second kappa shape index (κ2) is 11.3. The molecule has 2 saturated heterocycles. The third-order valence-electron chi connectivity index (χ3n) is 7.51. The summed E-state index contributed by atoms with van der Waals surface area (Å²) in [6.45, 7) is 4.73. The Bertz CT molecular complexity index is 1040. The first-order chi connectivity index (χ1) is 17.6. The van der Waals surface area contributed by atoms with E-state index in [0.29, 0.717) is 30.6 Å². The minimum absolute atomic E-state index is 0.0435. The molecule has 8 heteroatoms. The molecule has 2 atom stereocenters. The average molecular weight is 497 g/mol. The predicted molar refractivity (Wildman–Crippen MR) is 135 cm³/mol. The van der Waals surface area contributed by atoms with E-state index in [0.717, 1.165) is 68.9 Å². The van der Waals surface area contributed by atoms with E-state index in [1.165, 1.54) is 0 Å². The van der Waals surface area contributed by atoms with Crippen molar-refractivity contribution >= 4 is 6.09 Å². The van der Waals surface area contributed by atoms with Crippen molar-refractivity contribution in [3.8, 4) is 23.0 Å². The van der Waals surface area contributed by atoms with Crippen LogP contribution in [0.4, 0.5) is 4.79 Å². The lowest BCUT2D eigenvalue weighted by molar-refractivity contribution is 0.0466. The van der Waals surface area contributed by atoms with E-state index in [9.17, 15) is 4.79 Å². The molecule has 5 rings (SSSR count). The van der Waals surface area contributed by atoms with Crippen LogP contribution in [0.25, 0.3) is 0 Å². The number of amides is 1. The number of nitrogens with zero attached hydrogens (tertiary/aromatic N) is 2. The lowest BCUT2D eigenvalue weighted by atomic mass is 9.93. The molecule has 1 amide bonds. The molecule has 0 aliphatic carbocycles. The fraction of sp³-hybridized carbons (Fsp3) is 0.536. The Balaban J connectivity index is 1.08. The van der Waals surface area contributed by atoms with Crippen LogP contribution in [0.5, 0.6) is 23.0 Å². The SMILES string of the molecule is COc1ccc(C[C@H]2COC(=O)N2CCC2CCN(C[C@H]3COc4ccccc4O3)CC2)cc1OC. The highest BCUT2D eigenvalue weighted by Crippen LogP contribution is 2.32. The monoisotopic (exact) mass is 496 g/mol. The van der Waals surface area contributed by atoms with Crippen molar-refractivity contribution in [2.45, 2.75) is 37.8 Å². The molecule has 3 heterocycles. The first-order valence-electron chi connectivity index (χ1n) is 12.9. The van der Waals surface area contributed by atoms with Crippen LogP contribution in [0.3, 0.4) is 0 Å². The van der Waals surface area contributed by atoms with Crippen LogP contribution >= 0.6 is 0 Å². The number of piperidine rings is 1. The van der Waals surface area contributed by atoms with E-state index < -0.39 is 0 Å². The van der Waals surface area contributed by atoms with Crippen LogP contribution in [0.2, 0.25) is 0 Å². The van der Waals surface area contributed by atoms with Crippen LogP contribution in [0.1, 0.15) is 24.8 Å². The zero-order valence-corrected chi connectivity index (χ0v) is 21.2. The molecule has 0 unspecified atom stereocenters. The number of cyclic esters (lactones) is 1. The van der Waals surface area contributed by atoms with Gasteiger partial charge < -0.3 is 28.6 Å². The van der Waals surface area contributed by atoms with Crippen molar-refractivity contribution in [3.05, 3.63) is 48.0 Å². The number of benzene rings is 2. The van der Waals surface area contributed by atoms with Gasteiger partial charge in [-0.2, -0.15) is 0 Å². The van der Waals surface area contributed by atoms with Crippen molar-refractivity contribution in [1.82, 2.24) is 9.80 Å². The van der Waals surface area contributed by atoms with Gasteiger partial charge in [0.1, 0.15) is 19.3 Å². The van der Waals surface area contributed by atoms with Crippen LogP contribution in [0.15, 0.2) is 42.5 Å². The van der Waals surface area contributed by atoms with E-state index >= 15 is 0 Å². The number of ether oxygens (including phenoxy) is 5. The van der Waals surface area contributed by atoms with Gasteiger partial charge in [0, 0.05) is 13.1 Å². The Kier molecular flexibility index (Phi) is 7.70. The molecular weight excluding hydrogens is 460 g/mol. The summed E-state index contributed by atoms with van der Waals surface area (Å²) in [5.41, 5.74) is 1.10. The van der Waals surface area contributed by atoms with Gasteiger partial charge >= 0.3 is 6.09 Å². The van der Waals surface area contributed by atoms with E-state index in [2.05, 4.69) is 4.90 Å². The van der Waals surface area contributed by atoms with Gasteiger partial charge in [0.05, 0.1) is 20.3 Å². The summed E-state index contributed by atoms with van der Waals surface area (Å²) >= 11 is 0. The van der Waals surface area contributed by atoms with Crippen LogP contribution in [-0.4, -0.2) is 81.7 Å². The number of likely N-dealkylation sites (tertiary alicyclic amines) is 1. The summed E-state index contributed by atoms with van der Waals surface area (Å²) in [4.78, 5) is 16.8. The Hall–Kier alpha value is -3.13. The van der Waals surface area contributed by atoms with E-state index in [4.69, 9.17) is 23.7 Å². The van der Waals surface area contributed by atoms with Gasteiger partial charge in [-0.25, -0.2) is 4.79 Å². The molecule has 194 valence electrons. The molecule has 8 nitrogen and oxygen atoms in total. The minimum Gasteiger partial charge on any atom is -0.493 e. The zero-order chi connectivity index (χ0) is 24.9. The second-order valence-corrected chi connectivity index (χ2v) is 9.85. The quantitative estimate of drug-likeness (QED) is 0.520. The summed E-state index contributed by atoms with van der Waals surface area (Å²) in [6.07, 6.45) is 3.86. The van der Waals surface area contributed by atoms with Gasteiger partial charge in [0.25, 0.3) is 0 Å². The summed E-state index contributed by atoms with van der Waals surface area (Å²) in [5, 5.41) is 0. The van der Waals surface area contributed by atoms with Gasteiger partial charge in [-0.15, -0.1) is 0 Å². The molecule has 0 bridgehead atoms. The standard InChI is InChI=1S/C28H36N2O6/c1-32-24-8-7-21(16-27(24)33-2)15-22-18-35-28(31)30(22)14-11-20-9-12-29(13-10-20)17-23-19-34-25-5-3-4-6-26(25)36-23/h3-8,16,20,22-23H,9-15,17-19H2,1-2H3/t22-,23-/m0/s1. The highest BCUT2D eigenvalue weighted by molar-refractivity contribution is 5.70.